The van der Waals surface area contributed by atoms with Gasteiger partial charge in [0.25, 0.3) is 0 Å². The van der Waals surface area contributed by atoms with E-state index in [4.69, 9.17) is 5.73 Å². The summed E-state index contributed by atoms with van der Waals surface area (Å²) < 4.78 is 13.3. The molecule has 2 unspecified atom stereocenters. The van der Waals surface area contributed by atoms with E-state index in [2.05, 4.69) is 0 Å². The van der Waals surface area contributed by atoms with E-state index < -0.39 is 18.0 Å². The van der Waals surface area contributed by atoms with Gasteiger partial charge in [0.05, 0.1) is 6.10 Å². The first kappa shape index (κ1) is 12.1. The average Bonchev–Trinajstić information content (AvgIpc) is 2.21. The van der Waals surface area contributed by atoms with Crippen LogP contribution in [0.1, 0.15) is 23.7 Å². The Labute approximate surface area is 88.4 Å². The Bertz CT molecular complexity index is 330. The fraction of sp³-hybridized carbons (Fsp3) is 0.455. The van der Waals surface area contributed by atoms with Crippen molar-refractivity contribution < 1.29 is 14.6 Å². The number of benzene rings is 1. The van der Waals surface area contributed by atoms with Gasteiger partial charge in [-0.25, -0.2) is 4.39 Å². The summed E-state index contributed by atoms with van der Waals surface area (Å²) in [5.41, 5.74) is 6.21. The highest BCUT2D eigenvalue weighted by molar-refractivity contribution is 5.26. The molecule has 0 amide bonds. The Morgan fingerprint density at radius 2 is 2.07 bits per heavy atom. The smallest absolute Gasteiger partial charge is 0.129 e. The molecule has 0 saturated heterocycles. The largest absolute Gasteiger partial charge is 0.390 e. The van der Waals surface area contributed by atoms with Gasteiger partial charge in [-0.3, -0.25) is 0 Å². The van der Waals surface area contributed by atoms with E-state index in [0.29, 0.717) is 0 Å². The zero-order valence-electron chi connectivity index (χ0n) is 8.65. The van der Waals surface area contributed by atoms with Crippen LogP contribution in [0.2, 0.25) is 0 Å². The van der Waals surface area contributed by atoms with Gasteiger partial charge in [0, 0.05) is 5.56 Å². The van der Waals surface area contributed by atoms with Crippen LogP contribution in [0, 0.1) is 12.7 Å². The summed E-state index contributed by atoms with van der Waals surface area (Å²) in [6, 6.07) is 4.42. The van der Waals surface area contributed by atoms with Gasteiger partial charge in [0.1, 0.15) is 11.9 Å². The van der Waals surface area contributed by atoms with Gasteiger partial charge in [-0.15, -0.1) is 0 Å². The molecule has 0 aliphatic rings. The van der Waals surface area contributed by atoms with Crippen LogP contribution in [0.3, 0.4) is 0 Å². The third kappa shape index (κ3) is 2.99. The van der Waals surface area contributed by atoms with Crippen molar-refractivity contribution >= 4 is 0 Å². The van der Waals surface area contributed by atoms with E-state index in [1.165, 1.54) is 12.1 Å². The molecule has 4 N–H and O–H groups in total. The quantitative estimate of drug-likeness (QED) is 0.695. The van der Waals surface area contributed by atoms with E-state index in [-0.39, 0.29) is 18.5 Å². The van der Waals surface area contributed by atoms with Crippen molar-refractivity contribution in [2.24, 2.45) is 5.73 Å². The number of hydrogen-bond acceptors (Lipinski definition) is 3. The van der Waals surface area contributed by atoms with Crippen molar-refractivity contribution in [1.29, 1.82) is 0 Å². The monoisotopic (exact) mass is 213 g/mol. The molecule has 0 saturated carbocycles. The maximum atomic E-state index is 13.3. The molecule has 4 heteroatoms. The number of halogens is 1. The number of aliphatic hydroxyl groups is 2. The molecule has 2 atom stereocenters. The third-order valence-corrected chi connectivity index (χ3v) is 2.30. The predicted octanol–water partition coefficient (Wildman–Crippen LogP) is 0.877. The fourth-order valence-corrected chi connectivity index (χ4v) is 1.43. The van der Waals surface area contributed by atoms with Crippen molar-refractivity contribution in [2.45, 2.75) is 25.6 Å². The van der Waals surface area contributed by atoms with E-state index in [1.54, 1.807) is 13.0 Å². The second-order valence-electron chi connectivity index (χ2n) is 3.61. The number of aryl methyl sites for hydroxylation is 1. The summed E-state index contributed by atoms with van der Waals surface area (Å²) >= 11 is 0. The second kappa shape index (κ2) is 5.21. The van der Waals surface area contributed by atoms with Crippen LogP contribution in [-0.4, -0.2) is 22.9 Å². The summed E-state index contributed by atoms with van der Waals surface area (Å²) in [7, 11) is 0. The van der Waals surface area contributed by atoms with Crippen molar-refractivity contribution in [2.75, 3.05) is 6.54 Å². The highest BCUT2D eigenvalue weighted by Gasteiger charge is 2.20. The highest BCUT2D eigenvalue weighted by Crippen LogP contribution is 2.22. The Morgan fingerprint density at radius 3 is 2.67 bits per heavy atom. The van der Waals surface area contributed by atoms with Gasteiger partial charge in [-0.1, -0.05) is 17.7 Å². The van der Waals surface area contributed by atoms with Crippen LogP contribution < -0.4 is 5.73 Å². The number of aliphatic hydroxyl groups excluding tert-OH is 2. The molecule has 84 valence electrons. The molecule has 0 bridgehead atoms. The first-order valence-electron chi connectivity index (χ1n) is 4.88. The molecule has 1 rings (SSSR count). The van der Waals surface area contributed by atoms with Crippen LogP contribution in [0.4, 0.5) is 4.39 Å². The van der Waals surface area contributed by atoms with Gasteiger partial charge in [0.15, 0.2) is 0 Å². The molecule has 1 aromatic carbocycles. The fourth-order valence-electron chi connectivity index (χ4n) is 1.43. The number of rotatable bonds is 4. The van der Waals surface area contributed by atoms with Gasteiger partial charge in [-0.05, 0) is 26.0 Å². The van der Waals surface area contributed by atoms with Crippen LogP contribution in [0.5, 0.6) is 0 Å². The summed E-state index contributed by atoms with van der Waals surface area (Å²) in [6.45, 7) is 2.05. The van der Waals surface area contributed by atoms with Gasteiger partial charge >= 0.3 is 0 Å². The summed E-state index contributed by atoms with van der Waals surface area (Å²) in [6.07, 6.45) is -1.99. The molecular weight excluding hydrogens is 197 g/mol. The SMILES string of the molecule is Cc1ccc(F)c(C(O)C(O)CCN)c1. The molecule has 0 radical (unpaired) electrons. The first-order chi connectivity index (χ1) is 7.06. The van der Waals surface area contributed by atoms with Crippen LogP contribution >= 0.6 is 0 Å². The Balaban J connectivity index is 2.89. The van der Waals surface area contributed by atoms with Gasteiger partial charge in [0.2, 0.25) is 0 Å². The van der Waals surface area contributed by atoms with Gasteiger partial charge < -0.3 is 15.9 Å². The minimum Gasteiger partial charge on any atom is -0.390 e. The standard InChI is InChI=1S/C11H16FNO2/c1-7-2-3-9(12)8(6-7)11(15)10(14)4-5-13/h2-3,6,10-11,14-15H,4-5,13H2,1H3. The zero-order valence-corrected chi connectivity index (χ0v) is 8.65. The molecule has 0 aromatic heterocycles. The van der Waals surface area contributed by atoms with Crippen molar-refractivity contribution in [1.82, 2.24) is 0 Å². The molecule has 0 aliphatic heterocycles. The molecule has 15 heavy (non-hydrogen) atoms. The Morgan fingerprint density at radius 1 is 1.40 bits per heavy atom. The van der Waals surface area contributed by atoms with Crippen molar-refractivity contribution in [3.05, 3.63) is 35.1 Å². The minimum absolute atomic E-state index is 0.121. The van der Waals surface area contributed by atoms with E-state index >= 15 is 0 Å². The molecule has 0 aliphatic carbocycles. The molecule has 0 spiro atoms. The van der Waals surface area contributed by atoms with Crippen LogP contribution in [-0.2, 0) is 0 Å². The lowest BCUT2D eigenvalue weighted by Gasteiger charge is -2.18. The predicted molar refractivity (Wildman–Crippen MR) is 55.8 cm³/mol. The lowest BCUT2D eigenvalue weighted by molar-refractivity contribution is 0.0129. The first-order valence-corrected chi connectivity index (χ1v) is 4.88. The summed E-state index contributed by atoms with van der Waals surface area (Å²) in [4.78, 5) is 0. The van der Waals surface area contributed by atoms with E-state index in [0.717, 1.165) is 5.56 Å². The average molecular weight is 213 g/mol. The van der Waals surface area contributed by atoms with Crippen molar-refractivity contribution in [3.8, 4) is 0 Å². The number of hydrogen-bond donors (Lipinski definition) is 3. The Kier molecular flexibility index (Phi) is 4.20. The molecule has 1 aromatic rings. The second-order valence-corrected chi connectivity index (χ2v) is 3.61. The van der Waals surface area contributed by atoms with Crippen molar-refractivity contribution in [3.63, 3.8) is 0 Å². The Hall–Kier alpha value is -0.970. The van der Waals surface area contributed by atoms with Gasteiger partial charge in [-0.2, -0.15) is 0 Å². The lowest BCUT2D eigenvalue weighted by Crippen LogP contribution is -2.22. The lowest BCUT2D eigenvalue weighted by atomic mass is 10.00. The topological polar surface area (TPSA) is 66.5 Å². The normalized spacial score (nSPS) is 15.0. The summed E-state index contributed by atoms with van der Waals surface area (Å²) in [5, 5.41) is 19.2. The maximum Gasteiger partial charge on any atom is 0.129 e. The molecule has 0 heterocycles. The van der Waals surface area contributed by atoms with E-state index in [9.17, 15) is 14.6 Å². The van der Waals surface area contributed by atoms with Crippen LogP contribution in [0.25, 0.3) is 0 Å². The number of nitrogens with two attached hydrogens (primary N) is 1. The van der Waals surface area contributed by atoms with Crippen LogP contribution in [0.15, 0.2) is 18.2 Å². The highest BCUT2D eigenvalue weighted by atomic mass is 19.1. The molecule has 3 nitrogen and oxygen atoms in total. The van der Waals surface area contributed by atoms with E-state index in [1.807, 2.05) is 0 Å². The minimum atomic E-state index is -1.21. The zero-order chi connectivity index (χ0) is 11.4. The molecular formula is C11H16FNO2. The third-order valence-electron chi connectivity index (χ3n) is 2.30. The molecule has 0 fully saturated rings. The summed E-state index contributed by atoms with van der Waals surface area (Å²) in [5.74, 6) is -0.510. The maximum absolute atomic E-state index is 13.3.